The number of hydrogen-bond donors (Lipinski definition) is 1. The summed E-state index contributed by atoms with van der Waals surface area (Å²) in [4.78, 5) is 14.9. The maximum Gasteiger partial charge on any atom is 0.317 e. The lowest BCUT2D eigenvalue weighted by Gasteiger charge is -2.23. The van der Waals surface area contributed by atoms with Gasteiger partial charge in [-0.2, -0.15) is 5.10 Å². The second-order valence-electron chi connectivity index (χ2n) is 8.57. The van der Waals surface area contributed by atoms with Gasteiger partial charge < -0.3 is 19.7 Å². The third-order valence-electron chi connectivity index (χ3n) is 5.82. The first-order valence-corrected chi connectivity index (χ1v) is 12.1. The summed E-state index contributed by atoms with van der Waals surface area (Å²) in [6, 6.07) is 14.9. The lowest BCUT2D eigenvalue weighted by Crippen LogP contribution is -2.41. The zero-order valence-corrected chi connectivity index (χ0v) is 20.6. The van der Waals surface area contributed by atoms with Gasteiger partial charge in [-0.15, -0.1) is 0 Å². The normalized spacial score (nSPS) is 12.9. The third kappa shape index (κ3) is 5.65. The van der Waals surface area contributed by atoms with Gasteiger partial charge in [-0.05, 0) is 68.5 Å². The second-order valence-corrected chi connectivity index (χ2v) is 9.00. The van der Waals surface area contributed by atoms with E-state index in [4.69, 9.17) is 26.2 Å². The predicted octanol–water partition coefficient (Wildman–Crippen LogP) is 5.97. The van der Waals surface area contributed by atoms with Crippen LogP contribution in [0.1, 0.15) is 37.4 Å². The van der Waals surface area contributed by atoms with Crippen LogP contribution >= 0.6 is 11.6 Å². The van der Waals surface area contributed by atoms with E-state index in [0.717, 1.165) is 42.8 Å². The van der Waals surface area contributed by atoms with Gasteiger partial charge in [-0.25, -0.2) is 9.48 Å². The highest BCUT2D eigenvalue weighted by atomic mass is 35.5. The Balaban J connectivity index is 1.74. The van der Waals surface area contributed by atoms with Gasteiger partial charge in [-0.3, -0.25) is 0 Å². The molecule has 1 aliphatic rings. The average molecular weight is 483 g/mol. The number of aromatic nitrogens is 2. The van der Waals surface area contributed by atoms with Gasteiger partial charge in [0.25, 0.3) is 0 Å². The largest absolute Gasteiger partial charge is 0.493 e. The van der Waals surface area contributed by atoms with Crippen LogP contribution < -0.4 is 14.8 Å². The molecule has 8 heteroatoms. The molecule has 2 aromatic carbocycles. The van der Waals surface area contributed by atoms with E-state index in [0.29, 0.717) is 41.4 Å². The monoisotopic (exact) mass is 482 g/mol. The van der Waals surface area contributed by atoms with Crippen molar-refractivity contribution in [1.82, 2.24) is 20.0 Å². The van der Waals surface area contributed by atoms with Crippen LogP contribution in [0.25, 0.3) is 5.69 Å². The first-order chi connectivity index (χ1) is 16.5. The summed E-state index contributed by atoms with van der Waals surface area (Å²) in [7, 11) is 1.61. The van der Waals surface area contributed by atoms with E-state index >= 15 is 0 Å². The van der Waals surface area contributed by atoms with Crippen LogP contribution in [-0.2, 0) is 6.54 Å². The van der Waals surface area contributed by atoms with E-state index in [-0.39, 0.29) is 6.03 Å². The molecular weight excluding hydrogens is 452 g/mol. The number of ether oxygens (including phenoxy) is 2. The Morgan fingerprint density at radius 2 is 1.88 bits per heavy atom. The molecule has 3 aromatic rings. The Morgan fingerprint density at radius 1 is 1.18 bits per heavy atom. The minimum Gasteiger partial charge on any atom is -0.493 e. The van der Waals surface area contributed by atoms with Crippen LogP contribution in [0.2, 0.25) is 5.02 Å². The van der Waals surface area contributed by atoms with Crippen molar-refractivity contribution in [3.63, 3.8) is 0 Å². The van der Waals surface area contributed by atoms with Gasteiger partial charge in [0.1, 0.15) is 0 Å². The quantitative estimate of drug-likeness (QED) is 0.386. The zero-order chi connectivity index (χ0) is 24.1. The van der Waals surface area contributed by atoms with Crippen molar-refractivity contribution in [1.29, 1.82) is 0 Å². The molecule has 2 amide bonds. The standard InChI is InChI=1S/C26H31ClN4O3/c1-4-15-28-26(32)30(16-19-9-10-19)17-22-18(2)29-31(21-13-11-20(27)12-14-21)25(22)34-24-8-6-5-7-23(24)33-3/h5-8,11-14,19H,4,9-10,15-17H2,1-3H3,(H,28,32). The summed E-state index contributed by atoms with van der Waals surface area (Å²) in [5, 5.41) is 8.44. The first-order valence-electron chi connectivity index (χ1n) is 11.7. The minimum atomic E-state index is -0.0596. The highest BCUT2D eigenvalue weighted by molar-refractivity contribution is 6.30. The number of nitrogens with zero attached hydrogens (tertiary/aromatic N) is 3. The van der Waals surface area contributed by atoms with Gasteiger partial charge in [0.15, 0.2) is 11.5 Å². The third-order valence-corrected chi connectivity index (χ3v) is 6.07. The molecule has 4 rings (SSSR count). The minimum absolute atomic E-state index is 0.0596. The molecule has 1 N–H and O–H groups in total. The van der Waals surface area contributed by atoms with Crippen molar-refractivity contribution in [3.8, 4) is 23.1 Å². The molecule has 1 saturated carbocycles. The lowest BCUT2D eigenvalue weighted by molar-refractivity contribution is 0.192. The van der Waals surface area contributed by atoms with E-state index in [2.05, 4.69) is 5.32 Å². The fourth-order valence-corrected chi connectivity index (χ4v) is 3.88. The molecule has 180 valence electrons. The molecule has 7 nitrogen and oxygen atoms in total. The molecule has 0 unspecified atom stereocenters. The summed E-state index contributed by atoms with van der Waals surface area (Å²) in [5.41, 5.74) is 2.46. The van der Waals surface area contributed by atoms with Crippen molar-refractivity contribution < 1.29 is 14.3 Å². The molecule has 0 saturated heterocycles. The number of benzene rings is 2. The average Bonchev–Trinajstić information content (AvgIpc) is 3.62. The summed E-state index contributed by atoms with van der Waals surface area (Å²) in [5.74, 6) is 2.29. The van der Waals surface area contributed by atoms with Gasteiger partial charge in [0.2, 0.25) is 5.88 Å². The summed E-state index contributed by atoms with van der Waals surface area (Å²) >= 11 is 6.12. The van der Waals surface area contributed by atoms with E-state index in [1.54, 1.807) is 11.8 Å². The van der Waals surface area contributed by atoms with Crippen LogP contribution in [0.5, 0.6) is 17.4 Å². The number of amides is 2. The summed E-state index contributed by atoms with van der Waals surface area (Å²) in [6.45, 7) is 5.75. The molecular formula is C26H31ClN4O3. The summed E-state index contributed by atoms with van der Waals surface area (Å²) < 4.78 is 13.7. The molecule has 1 fully saturated rings. The number of aryl methyl sites for hydroxylation is 1. The number of urea groups is 1. The lowest BCUT2D eigenvalue weighted by atomic mass is 10.2. The number of carbonyl (C=O) groups excluding carboxylic acids is 1. The van der Waals surface area contributed by atoms with Crippen molar-refractivity contribution in [2.45, 2.75) is 39.7 Å². The van der Waals surface area contributed by atoms with Crippen LogP contribution in [0.15, 0.2) is 48.5 Å². The number of rotatable bonds is 10. The molecule has 0 spiro atoms. The molecule has 34 heavy (non-hydrogen) atoms. The Hall–Kier alpha value is -3.19. The Labute approximate surface area is 205 Å². The van der Waals surface area contributed by atoms with E-state index in [9.17, 15) is 4.79 Å². The highest BCUT2D eigenvalue weighted by Gasteiger charge is 2.29. The zero-order valence-electron chi connectivity index (χ0n) is 19.9. The number of nitrogens with one attached hydrogen (secondary N) is 1. The van der Waals surface area contributed by atoms with Crippen LogP contribution in [0.4, 0.5) is 4.79 Å². The smallest absolute Gasteiger partial charge is 0.317 e. The number of para-hydroxylation sites is 2. The fourth-order valence-electron chi connectivity index (χ4n) is 3.76. The van der Waals surface area contributed by atoms with E-state index in [1.165, 1.54) is 0 Å². The molecule has 0 aliphatic heterocycles. The van der Waals surface area contributed by atoms with E-state index < -0.39 is 0 Å². The summed E-state index contributed by atoms with van der Waals surface area (Å²) in [6.07, 6.45) is 3.20. The Kier molecular flexibility index (Phi) is 7.63. The van der Waals surface area contributed by atoms with Crippen molar-refractivity contribution in [3.05, 3.63) is 64.8 Å². The number of hydrogen-bond acceptors (Lipinski definition) is 4. The van der Waals surface area contributed by atoms with Crippen molar-refractivity contribution in [2.24, 2.45) is 5.92 Å². The molecule has 1 heterocycles. The van der Waals surface area contributed by atoms with Crippen molar-refractivity contribution in [2.75, 3.05) is 20.2 Å². The second kappa shape index (κ2) is 10.8. The molecule has 0 bridgehead atoms. The number of carbonyl (C=O) groups is 1. The molecule has 1 aliphatic carbocycles. The predicted molar refractivity (Wildman–Crippen MR) is 133 cm³/mol. The number of methoxy groups -OCH3 is 1. The topological polar surface area (TPSA) is 68.6 Å². The molecule has 1 aromatic heterocycles. The van der Waals surface area contributed by atoms with Gasteiger partial charge in [-0.1, -0.05) is 30.7 Å². The SMILES string of the molecule is CCCNC(=O)N(Cc1c(C)nn(-c2ccc(Cl)cc2)c1Oc1ccccc1OC)CC1CC1. The maximum atomic E-state index is 13.0. The first kappa shape index (κ1) is 24.0. The van der Waals surface area contributed by atoms with Crippen LogP contribution in [0.3, 0.4) is 0 Å². The van der Waals surface area contributed by atoms with Gasteiger partial charge >= 0.3 is 6.03 Å². The maximum absolute atomic E-state index is 13.0. The van der Waals surface area contributed by atoms with Crippen molar-refractivity contribution >= 4 is 17.6 Å². The van der Waals surface area contributed by atoms with Crippen LogP contribution in [-0.4, -0.2) is 40.9 Å². The fraction of sp³-hybridized carbons (Fsp3) is 0.385. The Morgan fingerprint density at radius 3 is 2.53 bits per heavy atom. The van der Waals surface area contributed by atoms with Crippen LogP contribution in [0, 0.1) is 12.8 Å². The van der Waals surface area contributed by atoms with E-state index in [1.807, 2.05) is 67.3 Å². The highest BCUT2D eigenvalue weighted by Crippen LogP contribution is 2.37. The molecule has 0 radical (unpaired) electrons. The number of halogens is 1. The molecule has 0 atom stereocenters. The Bertz CT molecular complexity index is 1130. The van der Waals surface area contributed by atoms with Gasteiger partial charge in [0.05, 0.1) is 30.6 Å². The van der Waals surface area contributed by atoms with Gasteiger partial charge in [0, 0.05) is 18.1 Å².